The Hall–Kier alpha value is -0.120. The number of hydrogen-bond donors (Lipinski definition) is 1. The molecule has 0 aromatic carbocycles. The molecule has 0 aromatic heterocycles. The van der Waals surface area contributed by atoms with Crippen molar-refractivity contribution in [2.45, 2.75) is 78.6 Å². The highest BCUT2D eigenvalue weighted by molar-refractivity contribution is 4.71. The van der Waals surface area contributed by atoms with E-state index in [1.165, 1.54) is 0 Å². The zero-order chi connectivity index (χ0) is 14.2. The molecule has 0 aliphatic heterocycles. The lowest BCUT2D eigenvalue weighted by Gasteiger charge is -2.30. The van der Waals surface area contributed by atoms with Gasteiger partial charge in [0.1, 0.15) is 5.72 Å². The molecule has 0 aromatic rings. The SMILES string of the molecule is CCCOC(C)(C)CCOC(C)(N)CCC(C)C. The zero-order valence-corrected chi connectivity index (χ0v) is 13.2. The fraction of sp³-hybridized carbons (Fsp3) is 1.00. The molecule has 0 bridgehead atoms. The van der Waals surface area contributed by atoms with Crippen LogP contribution in [-0.4, -0.2) is 24.5 Å². The molecule has 3 nitrogen and oxygen atoms in total. The lowest BCUT2D eigenvalue weighted by atomic mass is 10.0. The van der Waals surface area contributed by atoms with Crippen LogP contribution in [0.4, 0.5) is 0 Å². The van der Waals surface area contributed by atoms with Crippen molar-refractivity contribution in [2.75, 3.05) is 13.2 Å². The Bertz CT molecular complexity index is 213. The van der Waals surface area contributed by atoms with E-state index < -0.39 is 5.72 Å². The fourth-order valence-corrected chi connectivity index (χ4v) is 1.63. The van der Waals surface area contributed by atoms with Gasteiger partial charge in [0.15, 0.2) is 0 Å². The molecule has 2 N–H and O–H groups in total. The van der Waals surface area contributed by atoms with Crippen LogP contribution < -0.4 is 5.73 Å². The molecule has 0 heterocycles. The molecule has 0 aliphatic carbocycles. The van der Waals surface area contributed by atoms with E-state index >= 15 is 0 Å². The highest BCUT2D eigenvalue weighted by Gasteiger charge is 2.22. The first-order valence-electron chi connectivity index (χ1n) is 7.25. The molecule has 0 amide bonds. The maximum Gasteiger partial charge on any atom is 0.113 e. The van der Waals surface area contributed by atoms with Crippen molar-refractivity contribution in [2.24, 2.45) is 11.7 Å². The Kier molecular flexibility index (Phi) is 8.08. The van der Waals surface area contributed by atoms with Crippen molar-refractivity contribution < 1.29 is 9.47 Å². The van der Waals surface area contributed by atoms with E-state index in [-0.39, 0.29) is 5.60 Å². The van der Waals surface area contributed by atoms with Crippen molar-refractivity contribution in [3.05, 3.63) is 0 Å². The second-order valence-electron chi connectivity index (χ2n) is 6.45. The Morgan fingerprint density at radius 3 is 2.11 bits per heavy atom. The van der Waals surface area contributed by atoms with Crippen LogP contribution in [0.2, 0.25) is 0 Å². The molecular weight excluding hydrogens is 226 g/mol. The van der Waals surface area contributed by atoms with Gasteiger partial charge in [-0.3, -0.25) is 0 Å². The Balaban J connectivity index is 3.86. The summed E-state index contributed by atoms with van der Waals surface area (Å²) < 4.78 is 11.6. The first-order valence-corrected chi connectivity index (χ1v) is 7.25. The Morgan fingerprint density at radius 1 is 1.00 bits per heavy atom. The van der Waals surface area contributed by atoms with E-state index in [0.717, 1.165) is 32.3 Å². The van der Waals surface area contributed by atoms with Gasteiger partial charge in [0, 0.05) is 6.61 Å². The number of rotatable bonds is 10. The lowest BCUT2D eigenvalue weighted by molar-refractivity contribution is -0.0799. The summed E-state index contributed by atoms with van der Waals surface area (Å²) in [5.41, 5.74) is 5.50. The smallest absolute Gasteiger partial charge is 0.113 e. The molecular formula is C15H33NO2. The van der Waals surface area contributed by atoms with Crippen LogP contribution >= 0.6 is 0 Å². The van der Waals surface area contributed by atoms with Crippen molar-refractivity contribution in [3.8, 4) is 0 Å². The van der Waals surface area contributed by atoms with Crippen LogP contribution in [0.25, 0.3) is 0 Å². The van der Waals surface area contributed by atoms with Crippen LogP contribution in [0.15, 0.2) is 0 Å². The van der Waals surface area contributed by atoms with E-state index in [1.807, 2.05) is 6.92 Å². The standard InChI is InChI=1S/C15H33NO2/c1-7-11-17-14(4,5)10-12-18-15(6,16)9-8-13(2)3/h13H,7-12,16H2,1-6H3. The lowest BCUT2D eigenvalue weighted by Crippen LogP contribution is -2.41. The van der Waals surface area contributed by atoms with E-state index in [9.17, 15) is 0 Å². The van der Waals surface area contributed by atoms with Gasteiger partial charge in [0.2, 0.25) is 0 Å². The third kappa shape index (κ3) is 9.86. The summed E-state index contributed by atoms with van der Waals surface area (Å²) in [5.74, 6) is 0.667. The molecule has 0 rings (SSSR count). The van der Waals surface area contributed by atoms with E-state index in [2.05, 4.69) is 34.6 Å². The van der Waals surface area contributed by atoms with Crippen LogP contribution in [0, 0.1) is 5.92 Å². The summed E-state index contributed by atoms with van der Waals surface area (Å²) in [6.07, 6.45) is 3.93. The highest BCUT2D eigenvalue weighted by Crippen LogP contribution is 2.19. The fourth-order valence-electron chi connectivity index (χ4n) is 1.63. The normalized spacial score (nSPS) is 16.0. The van der Waals surface area contributed by atoms with Gasteiger partial charge in [-0.15, -0.1) is 0 Å². The van der Waals surface area contributed by atoms with Crippen molar-refractivity contribution in [1.29, 1.82) is 0 Å². The summed E-state index contributed by atoms with van der Waals surface area (Å²) in [6.45, 7) is 14.2. The molecule has 0 spiro atoms. The first-order chi connectivity index (χ1) is 8.18. The van der Waals surface area contributed by atoms with Gasteiger partial charge in [-0.05, 0) is 52.4 Å². The molecule has 1 atom stereocenters. The maximum atomic E-state index is 6.13. The molecule has 3 heteroatoms. The molecule has 1 unspecified atom stereocenters. The van der Waals surface area contributed by atoms with Crippen LogP contribution in [0.3, 0.4) is 0 Å². The molecule has 0 saturated heterocycles. The minimum absolute atomic E-state index is 0.121. The second kappa shape index (κ2) is 8.13. The monoisotopic (exact) mass is 259 g/mol. The molecule has 110 valence electrons. The van der Waals surface area contributed by atoms with Crippen LogP contribution in [0.5, 0.6) is 0 Å². The zero-order valence-electron chi connectivity index (χ0n) is 13.2. The first kappa shape index (κ1) is 17.9. The molecule has 0 fully saturated rings. The van der Waals surface area contributed by atoms with E-state index in [4.69, 9.17) is 15.2 Å². The summed E-state index contributed by atoms with van der Waals surface area (Å²) in [7, 11) is 0. The van der Waals surface area contributed by atoms with Gasteiger partial charge in [0.05, 0.1) is 12.2 Å². The third-order valence-corrected chi connectivity index (χ3v) is 3.05. The largest absolute Gasteiger partial charge is 0.375 e. The second-order valence-corrected chi connectivity index (χ2v) is 6.45. The molecule has 0 radical (unpaired) electrons. The molecule has 18 heavy (non-hydrogen) atoms. The Morgan fingerprint density at radius 2 is 1.61 bits per heavy atom. The molecule has 0 aliphatic rings. The van der Waals surface area contributed by atoms with Gasteiger partial charge in [-0.1, -0.05) is 20.8 Å². The van der Waals surface area contributed by atoms with Gasteiger partial charge in [-0.2, -0.15) is 0 Å². The number of ether oxygens (including phenoxy) is 2. The van der Waals surface area contributed by atoms with Gasteiger partial charge in [-0.25, -0.2) is 0 Å². The van der Waals surface area contributed by atoms with Crippen molar-refractivity contribution in [1.82, 2.24) is 0 Å². The number of hydrogen-bond acceptors (Lipinski definition) is 3. The molecule has 0 saturated carbocycles. The summed E-state index contributed by atoms with van der Waals surface area (Å²) >= 11 is 0. The predicted octanol–water partition coefficient (Wildman–Crippen LogP) is 3.71. The van der Waals surface area contributed by atoms with Gasteiger partial charge >= 0.3 is 0 Å². The summed E-state index contributed by atoms with van der Waals surface area (Å²) in [6, 6.07) is 0. The van der Waals surface area contributed by atoms with Crippen LogP contribution in [0.1, 0.15) is 67.2 Å². The topological polar surface area (TPSA) is 44.5 Å². The third-order valence-electron chi connectivity index (χ3n) is 3.05. The van der Waals surface area contributed by atoms with E-state index in [0.29, 0.717) is 12.5 Å². The average molecular weight is 259 g/mol. The minimum Gasteiger partial charge on any atom is -0.375 e. The van der Waals surface area contributed by atoms with Gasteiger partial charge < -0.3 is 15.2 Å². The highest BCUT2D eigenvalue weighted by atomic mass is 16.5. The maximum absolute atomic E-state index is 6.13. The van der Waals surface area contributed by atoms with Crippen molar-refractivity contribution in [3.63, 3.8) is 0 Å². The summed E-state index contributed by atoms with van der Waals surface area (Å²) in [4.78, 5) is 0. The Labute approximate surface area is 113 Å². The van der Waals surface area contributed by atoms with Crippen LogP contribution in [-0.2, 0) is 9.47 Å². The quantitative estimate of drug-likeness (QED) is 0.608. The van der Waals surface area contributed by atoms with Crippen molar-refractivity contribution >= 4 is 0 Å². The predicted molar refractivity (Wildman–Crippen MR) is 77.6 cm³/mol. The average Bonchev–Trinajstić information content (AvgIpc) is 2.23. The van der Waals surface area contributed by atoms with Gasteiger partial charge in [0.25, 0.3) is 0 Å². The number of nitrogens with two attached hydrogens (primary N) is 1. The van der Waals surface area contributed by atoms with E-state index in [1.54, 1.807) is 0 Å². The minimum atomic E-state index is -0.509. The summed E-state index contributed by atoms with van der Waals surface area (Å²) in [5, 5.41) is 0.